The number of ether oxygens (including phenoxy) is 2. The Kier molecular flexibility index (Phi) is 4.81. The summed E-state index contributed by atoms with van der Waals surface area (Å²) in [6.45, 7) is 1.42. The molecule has 0 aliphatic heterocycles. The van der Waals surface area contributed by atoms with Crippen molar-refractivity contribution in [3.8, 4) is 5.75 Å². The molecule has 100 valence electrons. The van der Waals surface area contributed by atoms with Crippen LogP contribution < -0.4 is 10.1 Å². The topological polar surface area (TPSA) is 30.5 Å². The molecule has 19 heavy (non-hydrogen) atoms. The highest BCUT2D eigenvalue weighted by atomic mass is 16.5. The third-order valence-electron chi connectivity index (χ3n) is 2.99. The lowest BCUT2D eigenvalue weighted by Crippen LogP contribution is -2.03. The van der Waals surface area contributed by atoms with Gasteiger partial charge in [0.05, 0.1) is 13.7 Å². The molecule has 0 saturated heterocycles. The van der Waals surface area contributed by atoms with Crippen LogP contribution in [0.2, 0.25) is 0 Å². The molecule has 3 nitrogen and oxygen atoms in total. The highest BCUT2D eigenvalue weighted by Gasteiger charge is 2.01. The molecule has 0 saturated carbocycles. The molecule has 1 N–H and O–H groups in total. The molecule has 0 amide bonds. The molecule has 2 aromatic rings. The minimum absolute atomic E-state index is 0.639. The fraction of sp³-hybridized carbons (Fsp3) is 0.250. The average molecular weight is 257 g/mol. The molecule has 0 atom stereocenters. The van der Waals surface area contributed by atoms with Crippen molar-refractivity contribution in [3.05, 3.63) is 59.7 Å². The first-order valence-electron chi connectivity index (χ1n) is 6.27. The predicted molar refractivity (Wildman–Crippen MR) is 77.5 cm³/mol. The van der Waals surface area contributed by atoms with Crippen molar-refractivity contribution < 1.29 is 9.47 Å². The second kappa shape index (κ2) is 6.81. The van der Waals surface area contributed by atoms with Crippen LogP contribution in [0.25, 0.3) is 0 Å². The zero-order valence-electron chi connectivity index (χ0n) is 11.3. The summed E-state index contributed by atoms with van der Waals surface area (Å²) in [7, 11) is 3.39. The van der Waals surface area contributed by atoms with Crippen molar-refractivity contribution in [2.75, 3.05) is 19.5 Å². The van der Waals surface area contributed by atoms with Crippen molar-refractivity contribution in [1.29, 1.82) is 0 Å². The maximum absolute atomic E-state index is 5.21. The first kappa shape index (κ1) is 13.4. The third-order valence-corrected chi connectivity index (χ3v) is 2.99. The van der Waals surface area contributed by atoms with Crippen LogP contribution in [0.4, 0.5) is 5.69 Å². The maximum atomic E-state index is 5.21. The molecule has 2 rings (SSSR count). The highest BCUT2D eigenvalue weighted by Crippen LogP contribution is 2.17. The maximum Gasteiger partial charge on any atom is 0.119 e. The van der Waals surface area contributed by atoms with Gasteiger partial charge in [-0.3, -0.25) is 0 Å². The van der Waals surface area contributed by atoms with Gasteiger partial charge < -0.3 is 14.8 Å². The quantitative estimate of drug-likeness (QED) is 0.859. The molecule has 0 spiro atoms. The van der Waals surface area contributed by atoms with Crippen LogP contribution in [0.5, 0.6) is 5.75 Å². The van der Waals surface area contributed by atoms with Gasteiger partial charge in [0.15, 0.2) is 0 Å². The van der Waals surface area contributed by atoms with Crippen molar-refractivity contribution in [2.45, 2.75) is 13.2 Å². The average Bonchev–Trinajstić information content (AvgIpc) is 2.47. The van der Waals surface area contributed by atoms with E-state index in [1.807, 2.05) is 36.4 Å². The Morgan fingerprint density at radius 2 is 1.58 bits per heavy atom. The molecule has 2 aromatic carbocycles. The molecule has 0 aromatic heterocycles. The van der Waals surface area contributed by atoms with Crippen molar-refractivity contribution in [2.24, 2.45) is 0 Å². The molecule has 0 heterocycles. The lowest BCUT2D eigenvalue weighted by Gasteiger charge is -2.11. The van der Waals surface area contributed by atoms with Gasteiger partial charge in [-0.05, 0) is 35.4 Å². The van der Waals surface area contributed by atoms with Crippen LogP contribution >= 0.6 is 0 Å². The van der Waals surface area contributed by atoms with Crippen LogP contribution in [0.1, 0.15) is 11.1 Å². The number of methoxy groups -OCH3 is 2. The molecule has 0 radical (unpaired) electrons. The fourth-order valence-corrected chi connectivity index (χ4v) is 1.93. The molecule has 0 fully saturated rings. The van der Waals surface area contributed by atoms with E-state index in [0.717, 1.165) is 18.0 Å². The largest absolute Gasteiger partial charge is 0.497 e. The van der Waals surface area contributed by atoms with E-state index in [2.05, 4.69) is 17.4 Å². The van der Waals surface area contributed by atoms with E-state index in [0.29, 0.717) is 6.61 Å². The van der Waals surface area contributed by atoms with E-state index in [9.17, 15) is 0 Å². The standard InChI is InChI=1S/C16H19NO2/c1-18-12-14-6-4-3-5-13(14)11-17-15-7-9-16(19-2)10-8-15/h3-10,17H,11-12H2,1-2H3. The van der Waals surface area contributed by atoms with Gasteiger partial charge in [-0.15, -0.1) is 0 Å². The van der Waals surface area contributed by atoms with Crippen LogP contribution in [0.3, 0.4) is 0 Å². The van der Waals surface area contributed by atoms with Gasteiger partial charge in [-0.1, -0.05) is 24.3 Å². The third kappa shape index (κ3) is 3.73. The van der Waals surface area contributed by atoms with E-state index < -0.39 is 0 Å². The second-order valence-electron chi connectivity index (χ2n) is 4.28. The first-order chi connectivity index (χ1) is 9.33. The molecular weight excluding hydrogens is 238 g/mol. The van der Waals surface area contributed by atoms with E-state index >= 15 is 0 Å². The van der Waals surface area contributed by atoms with Gasteiger partial charge >= 0.3 is 0 Å². The lowest BCUT2D eigenvalue weighted by atomic mass is 10.1. The minimum atomic E-state index is 0.639. The summed E-state index contributed by atoms with van der Waals surface area (Å²) in [6.07, 6.45) is 0. The number of rotatable bonds is 6. The fourth-order valence-electron chi connectivity index (χ4n) is 1.93. The highest BCUT2D eigenvalue weighted by molar-refractivity contribution is 5.47. The zero-order valence-corrected chi connectivity index (χ0v) is 11.3. The van der Waals surface area contributed by atoms with Crippen LogP contribution in [-0.4, -0.2) is 14.2 Å². The Morgan fingerprint density at radius 3 is 2.21 bits per heavy atom. The summed E-state index contributed by atoms with van der Waals surface area (Å²) in [5.74, 6) is 0.866. The molecule has 3 heteroatoms. The Morgan fingerprint density at radius 1 is 0.895 bits per heavy atom. The molecule has 0 aliphatic carbocycles. The van der Waals surface area contributed by atoms with Gasteiger partial charge in [0.2, 0.25) is 0 Å². The molecular formula is C16H19NO2. The van der Waals surface area contributed by atoms with Gasteiger partial charge in [-0.25, -0.2) is 0 Å². The van der Waals surface area contributed by atoms with Crippen LogP contribution in [0, 0.1) is 0 Å². The van der Waals surface area contributed by atoms with Gasteiger partial charge in [0.25, 0.3) is 0 Å². The normalized spacial score (nSPS) is 10.2. The number of hydrogen-bond acceptors (Lipinski definition) is 3. The summed E-state index contributed by atoms with van der Waals surface area (Å²) in [5.41, 5.74) is 3.54. The zero-order chi connectivity index (χ0) is 13.5. The Labute approximate surface area is 114 Å². The first-order valence-corrected chi connectivity index (χ1v) is 6.27. The Balaban J connectivity index is 2.01. The summed E-state index contributed by atoms with van der Waals surface area (Å²) >= 11 is 0. The van der Waals surface area contributed by atoms with Crippen molar-refractivity contribution >= 4 is 5.69 Å². The van der Waals surface area contributed by atoms with E-state index in [4.69, 9.17) is 9.47 Å². The number of benzene rings is 2. The summed E-state index contributed by atoms with van der Waals surface area (Å²) in [5, 5.41) is 3.40. The Bertz CT molecular complexity index is 508. The molecule has 0 unspecified atom stereocenters. The lowest BCUT2D eigenvalue weighted by molar-refractivity contribution is 0.184. The smallest absolute Gasteiger partial charge is 0.119 e. The Hall–Kier alpha value is -2.00. The molecule has 0 aliphatic rings. The second-order valence-corrected chi connectivity index (χ2v) is 4.28. The van der Waals surface area contributed by atoms with E-state index in [-0.39, 0.29) is 0 Å². The number of anilines is 1. The van der Waals surface area contributed by atoms with Gasteiger partial charge in [-0.2, -0.15) is 0 Å². The van der Waals surface area contributed by atoms with Gasteiger partial charge in [0, 0.05) is 19.3 Å². The summed E-state index contributed by atoms with van der Waals surface area (Å²) in [6, 6.07) is 16.2. The van der Waals surface area contributed by atoms with Gasteiger partial charge in [0.1, 0.15) is 5.75 Å². The number of hydrogen-bond donors (Lipinski definition) is 1. The monoisotopic (exact) mass is 257 g/mol. The van der Waals surface area contributed by atoms with E-state index in [1.54, 1.807) is 14.2 Å². The van der Waals surface area contributed by atoms with Crippen LogP contribution in [0.15, 0.2) is 48.5 Å². The predicted octanol–water partition coefficient (Wildman–Crippen LogP) is 3.45. The van der Waals surface area contributed by atoms with Crippen LogP contribution in [-0.2, 0) is 17.9 Å². The summed E-state index contributed by atoms with van der Waals surface area (Å²) in [4.78, 5) is 0. The minimum Gasteiger partial charge on any atom is -0.497 e. The van der Waals surface area contributed by atoms with E-state index in [1.165, 1.54) is 11.1 Å². The van der Waals surface area contributed by atoms with Crippen molar-refractivity contribution in [3.63, 3.8) is 0 Å². The summed E-state index contributed by atoms with van der Waals surface area (Å²) < 4.78 is 10.3. The number of nitrogens with one attached hydrogen (secondary N) is 1. The SMILES string of the molecule is COCc1ccccc1CNc1ccc(OC)cc1. The van der Waals surface area contributed by atoms with Crippen molar-refractivity contribution in [1.82, 2.24) is 0 Å². The molecule has 0 bridgehead atoms.